The summed E-state index contributed by atoms with van der Waals surface area (Å²) in [6, 6.07) is 4.22. The van der Waals surface area contributed by atoms with Crippen LogP contribution in [0, 0.1) is 13.8 Å². The highest BCUT2D eigenvalue weighted by molar-refractivity contribution is 5.66. The van der Waals surface area contributed by atoms with Crippen molar-refractivity contribution in [1.29, 1.82) is 0 Å². The molecule has 0 aliphatic heterocycles. The maximum atomic E-state index is 9.58. The second-order valence-electron chi connectivity index (χ2n) is 4.84. The minimum atomic E-state index is 0.327. The van der Waals surface area contributed by atoms with Gasteiger partial charge < -0.3 is 9.67 Å². The summed E-state index contributed by atoms with van der Waals surface area (Å²) < 4.78 is 2.26. The number of aromatic hydroxyl groups is 1. The molecule has 1 N–H and O–H groups in total. The van der Waals surface area contributed by atoms with Crippen molar-refractivity contribution in [1.82, 2.24) is 9.55 Å². The van der Waals surface area contributed by atoms with Gasteiger partial charge in [0, 0.05) is 24.0 Å². The lowest BCUT2D eigenvalue weighted by Crippen LogP contribution is -1.99. The molecule has 0 saturated heterocycles. The molecule has 3 rings (SSSR count). The minimum absolute atomic E-state index is 0.327. The molecule has 88 valence electrons. The highest BCUT2D eigenvalue weighted by Crippen LogP contribution is 2.39. The second-order valence-corrected chi connectivity index (χ2v) is 4.84. The molecular formula is C14H16N2O. The summed E-state index contributed by atoms with van der Waals surface area (Å²) in [4.78, 5) is 4.48. The van der Waals surface area contributed by atoms with E-state index in [4.69, 9.17) is 0 Å². The van der Waals surface area contributed by atoms with Gasteiger partial charge in [0.1, 0.15) is 11.6 Å². The fourth-order valence-electron chi connectivity index (χ4n) is 2.45. The first kappa shape index (κ1) is 10.4. The van der Waals surface area contributed by atoms with Gasteiger partial charge in [0.05, 0.1) is 0 Å². The van der Waals surface area contributed by atoms with E-state index in [1.54, 1.807) is 12.1 Å². The molecule has 1 heterocycles. The molecule has 0 amide bonds. The van der Waals surface area contributed by atoms with E-state index in [1.807, 2.05) is 20.0 Å². The van der Waals surface area contributed by atoms with E-state index in [9.17, 15) is 5.11 Å². The molecule has 0 radical (unpaired) electrons. The maximum Gasteiger partial charge on any atom is 0.140 e. The van der Waals surface area contributed by atoms with Crippen LogP contribution in [0.1, 0.15) is 30.0 Å². The smallest absolute Gasteiger partial charge is 0.140 e. The zero-order valence-electron chi connectivity index (χ0n) is 10.1. The van der Waals surface area contributed by atoms with Crippen LogP contribution < -0.4 is 0 Å². The topological polar surface area (TPSA) is 38.1 Å². The second kappa shape index (κ2) is 3.62. The Morgan fingerprint density at radius 2 is 1.88 bits per heavy atom. The lowest BCUT2D eigenvalue weighted by molar-refractivity contribution is 0.474. The summed E-state index contributed by atoms with van der Waals surface area (Å²) in [5, 5.41) is 9.58. The quantitative estimate of drug-likeness (QED) is 0.857. The van der Waals surface area contributed by atoms with Gasteiger partial charge in [0.2, 0.25) is 0 Å². The average molecular weight is 228 g/mol. The van der Waals surface area contributed by atoms with Crippen molar-refractivity contribution in [3.8, 4) is 17.1 Å². The zero-order valence-corrected chi connectivity index (χ0v) is 10.1. The number of aromatic nitrogens is 2. The van der Waals surface area contributed by atoms with Crippen molar-refractivity contribution >= 4 is 0 Å². The molecule has 0 unspecified atom stereocenters. The van der Waals surface area contributed by atoms with E-state index in [1.165, 1.54) is 12.8 Å². The summed E-state index contributed by atoms with van der Waals surface area (Å²) in [5.74, 6) is 1.36. The first-order valence-corrected chi connectivity index (χ1v) is 6.00. The number of benzene rings is 1. The van der Waals surface area contributed by atoms with Crippen molar-refractivity contribution in [3.05, 3.63) is 35.7 Å². The summed E-state index contributed by atoms with van der Waals surface area (Å²) in [6.07, 6.45) is 6.41. The Morgan fingerprint density at radius 1 is 1.24 bits per heavy atom. The number of rotatable bonds is 2. The summed E-state index contributed by atoms with van der Waals surface area (Å²) in [6.45, 7) is 4.04. The van der Waals surface area contributed by atoms with Crippen LogP contribution in [0.2, 0.25) is 0 Å². The molecule has 3 nitrogen and oxygen atoms in total. The Labute approximate surface area is 101 Å². The molecule has 17 heavy (non-hydrogen) atoms. The first-order chi connectivity index (χ1) is 8.16. The van der Waals surface area contributed by atoms with Gasteiger partial charge in [-0.3, -0.25) is 0 Å². The molecule has 1 aliphatic rings. The third kappa shape index (κ3) is 1.71. The van der Waals surface area contributed by atoms with Gasteiger partial charge in [-0.2, -0.15) is 0 Å². The predicted molar refractivity (Wildman–Crippen MR) is 67.1 cm³/mol. The summed E-state index contributed by atoms with van der Waals surface area (Å²) in [5.41, 5.74) is 3.31. The molecule has 2 aromatic rings. The van der Waals surface area contributed by atoms with Gasteiger partial charge in [-0.25, -0.2) is 4.98 Å². The number of aryl methyl sites for hydroxylation is 2. The first-order valence-electron chi connectivity index (χ1n) is 6.00. The van der Waals surface area contributed by atoms with E-state index < -0.39 is 0 Å². The number of hydrogen-bond acceptors (Lipinski definition) is 2. The average Bonchev–Trinajstić information content (AvgIpc) is 2.98. The number of imidazole rings is 1. The fourth-order valence-corrected chi connectivity index (χ4v) is 2.45. The molecule has 3 heteroatoms. The number of hydrogen-bond donors (Lipinski definition) is 1. The Bertz CT molecular complexity index is 544. The predicted octanol–water partition coefficient (Wildman–Crippen LogP) is 3.21. The van der Waals surface area contributed by atoms with Crippen LogP contribution in [-0.2, 0) is 0 Å². The summed E-state index contributed by atoms with van der Waals surface area (Å²) in [7, 11) is 0. The largest absolute Gasteiger partial charge is 0.508 e. The van der Waals surface area contributed by atoms with Gasteiger partial charge in [-0.15, -0.1) is 0 Å². The van der Waals surface area contributed by atoms with Crippen LogP contribution in [0.4, 0.5) is 0 Å². The van der Waals surface area contributed by atoms with Crippen molar-refractivity contribution in [3.63, 3.8) is 0 Å². The number of phenolic OH excluding ortho intramolecular Hbond substituents is 1. The minimum Gasteiger partial charge on any atom is -0.508 e. The van der Waals surface area contributed by atoms with Crippen molar-refractivity contribution in [2.75, 3.05) is 0 Å². The van der Waals surface area contributed by atoms with E-state index >= 15 is 0 Å². The van der Waals surface area contributed by atoms with E-state index in [0.29, 0.717) is 11.8 Å². The third-order valence-electron chi connectivity index (χ3n) is 3.35. The molecule has 1 aromatic heterocycles. The van der Waals surface area contributed by atoms with Crippen molar-refractivity contribution < 1.29 is 5.11 Å². The van der Waals surface area contributed by atoms with Gasteiger partial charge in [-0.1, -0.05) is 0 Å². The van der Waals surface area contributed by atoms with Crippen LogP contribution in [-0.4, -0.2) is 14.7 Å². The van der Waals surface area contributed by atoms with E-state index in [-0.39, 0.29) is 0 Å². The van der Waals surface area contributed by atoms with E-state index in [0.717, 1.165) is 22.5 Å². The molecule has 0 atom stereocenters. The lowest BCUT2D eigenvalue weighted by Gasteiger charge is -2.12. The third-order valence-corrected chi connectivity index (χ3v) is 3.35. The maximum absolute atomic E-state index is 9.58. The van der Waals surface area contributed by atoms with E-state index in [2.05, 4.69) is 15.7 Å². The SMILES string of the molecule is Cc1cc(O)cc(C)c1-c1nccn1C1CC1. The van der Waals surface area contributed by atoms with Crippen LogP contribution in [0.5, 0.6) is 5.75 Å². The van der Waals surface area contributed by atoms with Gasteiger partial charge >= 0.3 is 0 Å². The van der Waals surface area contributed by atoms with Crippen molar-refractivity contribution in [2.45, 2.75) is 32.7 Å². The molecule has 1 aliphatic carbocycles. The van der Waals surface area contributed by atoms with Gasteiger partial charge in [0.25, 0.3) is 0 Å². The lowest BCUT2D eigenvalue weighted by atomic mass is 10.0. The Kier molecular flexibility index (Phi) is 2.21. The normalized spacial score (nSPS) is 15.2. The Balaban J connectivity index is 2.17. The number of nitrogens with zero attached hydrogens (tertiary/aromatic N) is 2. The number of phenols is 1. The highest BCUT2D eigenvalue weighted by atomic mass is 16.3. The molecule has 1 aromatic carbocycles. The molecular weight excluding hydrogens is 212 g/mol. The highest BCUT2D eigenvalue weighted by Gasteiger charge is 2.26. The fraction of sp³-hybridized carbons (Fsp3) is 0.357. The van der Waals surface area contributed by atoms with Crippen LogP contribution >= 0.6 is 0 Å². The Morgan fingerprint density at radius 3 is 2.47 bits per heavy atom. The monoisotopic (exact) mass is 228 g/mol. The standard InChI is InChI=1S/C14H16N2O/c1-9-7-12(17)8-10(2)13(9)14-15-5-6-16(14)11-3-4-11/h5-8,11,17H,3-4H2,1-2H3. The van der Waals surface area contributed by atoms with Crippen LogP contribution in [0.15, 0.2) is 24.5 Å². The molecule has 1 fully saturated rings. The van der Waals surface area contributed by atoms with Crippen LogP contribution in [0.25, 0.3) is 11.4 Å². The molecule has 0 spiro atoms. The molecule has 0 bridgehead atoms. The van der Waals surface area contributed by atoms with Crippen LogP contribution in [0.3, 0.4) is 0 Å². The van der Waals surface area contributed by atoms with Gasteiger partial charge in [0.15, 0.2) is 0 Å². The molecule has 1 saturated carbocycles. The van der Waals surface area contributed by atoms with Gasteiger partial charge in [-0.05, 0) is 49.9 Å². The van der Waals surface area contributed by atoms with Crippen molar-refractivity contribution in [2.24, 2.45) is 0 Å². The summed E-state index contributed by atoms with van der Waals surface area (Å²) >= 11 is 0. The Hall–Kier alpha value is -1.77. The zero-order chi connectivity index (χ0) is 12.0.